The van der Waals surface area contributed by atoms with Crippen molar-refractivity contribution in [1.82, 2.24) is 5.32 Å². The van der Waals surface area contributed by atoms with Gasteiger partial charge >= 0.3 is 0 Å². The van der Waals surface area contributed by atoms with Crippen molar-refractivity contribution in [3.8, 4) is 0 Å². The fourth-order valence-electron chi connectivity index (χ4n) is 2.65. The summed E-state index contributed by atoms with van der Waals surface area (Å²) in [4.78, 5) is 4.88. The lowest BCUT2D eigenvalue weighted by atomic mass is 10.0. The second kappa shape index (κ2) is 6.04. The summed E-state index contributed by atoms with van der Waals surface area (Å²) in [5.74, 6) is 0. The Morgan fingerprint density at radius 3 is 2.50 bits per heavy atom. The average molecular weight is 275 g/mol. The van der Waals surface area contributed by atoms with Gasteiger partial charge in [-0.3, -0.25) is 0 Å². The molecule has 1 aliphatic heterocycles. The molecule has 0 bridgehead atoms. The number of rotatable bonds is 5. The molecule has 0 radical (unpaired) electrons. The lowest BCUT2D eigenvalue weighted by Crippen LogP contribution is -2.51. The van der Waals surface area contributed by atoms with Gasteiger partial charge in [0.1, 0.15) is 0 Å². The lowest BCUT2D eigenvalue weighted by molar-refractivity contribution is 0.362. The molecule has 1 atom stereocenters. The number of hydrogen-bond donors (Lipinski definition) is 1. The van der Waals surface area contributed by atoms with Crippen molar-refractivity contribution >= 4 is 11.4 Å². The molecule has 0 aliphatic carbocycles. The van der Waals surface area contributed by atoms with Crippen LogP contribution in [0.2, 0.25) is 0 Å². The van der Waals surface area contributed by atoms with E-state index in [-0.39, 0.29) is 5.54 Å². The van der Waals surface area contributed by atoms with Crippen LogP contribution in [-0.4, -0.2) is 38.3 Å². The van der Waals surface area contributed by atoms with Gasteiger partial charge in [0.25, 0.3) is 0 Å². The van der Waals surface area contributed by atoms with Crippen molar-refractivity contribution in [1.29, 1.82) is 0 Å². The summed E-state index contributed by atoms with van der Waals surface area (Å²) in [7, 11) is 2.18. The van der Waals surface area contributed by atoms with Crippen molar-refractivity contribution in [2.45, 2.75) is 45.7 Å². The Kier molecular flexibility index (Phi) is 4.59. The second-order valence-electron chi connectivity index (χ2n) is 6.57. The molecule has 20 heavy (non-hydrogen) atoms. The van der Waals surface area contributed by atoms with Crippen LogP contribution >= 0.6 is 0 Å². The first kappa shape index (κ1) is 15.2. The predicted octanol–water partition coefficient (Wildman–Crippen LogP) is 3.11. The lowest BCUT2D eigenvalue weighted by Gasteiger charge is -2.41. The van der Waals surface area contributed by atoms with Gasteiger partial charge in [-0.15, -0.1) is 0 Å². The van der Waals surface area contributed by atoms with E-state index in [2.05, 4.69) is 74.1 Å². The molecule has 0 aromatic heterocycles. The number of anilines is 2. The van der Waals surface area contributed by atoms with Gasteiger partial charge < -0.3 is 15.1 Å². The number of nitrogens with one attached hydrogen (secondary N) is 1. The molecule has 112 valence electrons. The quantitative estimate of drug-likeness (QED) is 0.891. The van der Waals surface area contributed by atoms with Crippen molar-refractivity contribution in [3.05, 3.63) is 24.3 Å². The number of para-hydroxylation sites is 2. The van der Waals surface area contributed by atoms with Gasteiger partial charge in [0.2, 0.25) is 0 Å². The van der Waals surface area contributed by atoms with E-state index in [1.165, 1.54) is 11.4 Å². The average Bonchev–Trinajstić information content (AvgIpc) is 2.46. The van der Waals surface area contributed by atoms with Gasteiger partial charge in [0, 0.05) is 38.3 Å². The number of likely N-dealkylation sites (N-methyl/N-ethyl adjacent to an activating group) is 1. The van der Waals surface area contributed by atoms with Crippen LogP contribution < -0.4 is 15.1 Å². The molecule has 1 aromatic carbocycles. The van der Waals surface area contributed by atoms with Gasteiger partial charge in [0.05, 0.1) is 11.4 Å². The Morgan fingerprint density at radius 1 is 1.20 bits per heavy atom. The summed E-state index contributed by atoms with van der Waals surface area (Å²) in [6.45, 7) is 12.3. The van der Waals surface area contributed by atoms with Crippen molar-refractivity contribution in [2.75, 3.05) is 36.5 Å². The highest BCUT2D eigenvalue weighted by Crippen LogP contribution is 2.32. The van der Waals surface area contributed by atoms with E-state index >= 15 is 0 Å². The van der Waals surface area contributed by atoms with E-state index < -0.39 is 0 Å². The first-order chi connectivity index (χ1) is 9.44. The summed E-state index contributed by atoms with van der Waals surface area (Å²) in [5.41, 5.74) is 2.94. The summed E-state index contributed by atoms with van der Waals surface area (Å²) in [6, 6.07) is 9.24. The minimum atomic E-state index is 0.223. The zero-order valence-corrected chi connectivity index (χ0v) is 13.6. The van der Waals surface area contributed by atoms with Gasteiger partial charge in [-0.1, -0.05) is 19.1 Å². The first-order valence-corrected chi connectivity index (χ1v) is 7.76. The van der Waals surface area contributed by atoms with E-state index in [4.69, 9.17) is 0 Å². The second-order valence-corrected chi connectivity index (χ2v) is 6.57. The van der Waals surface area contributed by atoms with Crippen molar-refractivity contribution in [3.63, 3.8) is 0 Å². The highest BCUT2D eigenvalue weighted by atomic mass is 15.3. The van der Waals surface area contributed by atoms with Crippen LogP contribution in [0.25, 0.3) is 0 Å². The van der Waals surface area contributed by atoms with Gasteiger partial charge in [-0.25, -0.2) is 0 Å². The summed E-state index contributed by atoms with van der Waals surface area (Å²) < 4.78 is 0. The Balaban J connectivity index is 2.08. The van der Waals surface area contributed by atoms with Crippen molar-refractivity contribution in [2.24, 2.45) is 0 Å². The molecule has 3 nitrogen and oxygen atoms in total. The van der Waals surface area contributed by atoms with Gasteiger partial charge in [0.15, 0.2) is 0 Å². The molecule has 1 heterocycles. The molecule has 2 rings (SSSR count). The maximum Gasteiger partial charge on any atom is 0.0607 e. The minimum Gasteiger partial charge on any atom is -0.371 e. The molecule has 0 saturated heterocycles. The Labute approximate surface area is 124 Å². The van der Waals surface area contributed by atoms with Crippen LogP contribution in [0, 0.1) is 0 Å². The molecule has 1 aromatic rings. The van der Waals surface area contributed by atoms with Crippen LogP contribution in [0.5, 0.6) is 0 Å². The highest BCUT2D eigenvalue weighted by Gasteiger charge is 2.24. The van der Waals surface area contributed by atoms with E-state index in [1.807, 2.05) is 0 Å². The van der Waals surface area contributed by atoms with E-state index in [0.717, 1.165) is 26.1 Å². The number of hydrogen-bond acceptors (Lipinski definition) is 3. The highest BCUT2D eigenvalue weighted by molar-refractivity contribution is 5.73. The van der Waals surface area contributed by atoms with E-state index in [9.17, 15) is 0 Å². The van der Waals surface area contributed by atoms with Gasteiger partial charge in [-0.2, -0.15) is 0 Å². The Bertz CT molecular complexity index is 442. The standard InChI is InChI=1S/C17H29N3/c1-6-17(3,4)18-13-14(2)20-12-11-19(5)15-9-7-8-10-16(15)20/h7-10,14,18H,6,11-13H2,1-5H3. The SMILES string of the molecule is CCC(C)(C)NCC(C)N1CCN(C)c2ccccc21. The smallest absolute Gasteiger partial charge is 0.0607 e. The molecule has 1 unspecified atom stereocenters. The third kappa shape index (κ3) is 3.26. The van der Waals surface area contributed by atoms with Crippen LogP contribution in [0.15, 0.2) is 24.3 Å². The zero-order valence-electron chi connectivity index (χ0n) is 13.6. The Morgan fingerprint density at radius 2 is 1.85 bits per heavy atom. The zero-order chi connectivity index (χ0) is 14.8. The number of nitrogens with zero attached hydrogens (tertiary/aromatic N) is 2. The van der Waals surface area contributed by atoms with Crippen molar-refractivity contribution < 1.29 is 0 Å². The van der Waals surface area contributed by atoms with Gasteiger partial charge in [-0.05, 0) is 39.3 Å². The molecule has 1 aliphatic rings. The third-order valence-electron chi connectivity index (χ3n) is 4.57. The molecule has 0 saturated carbocycles. The first-order valence-electron chi connectivity index (χ1n) is 7.76. The molecule has 0 fully saturated rings. The molecule has 3 heteroatoms. The molecular formula is C17H29N3. The fourth-order valence-corrected chi connectivity index (χ4v) is 2.65. The summed E-state index contributed by atoms with van der Waals surface area (Å²) >= 11 is 0. The van der Waals surface area contributed by atoms with Crippen LogP contribution in [-0.2, 0) is 0 Å². The Hall–Kier alpha value is -1.22. The third-order valence-corrected chi connectivity index (χ3v) is 4.57. The molecular weight excluding hydrogens is 246 g/mol. The monoisotopic (exact) mass is 275 g/mol. The maximum absolute atomic E-state index is 3.69. The number of benzene rings is 1. The summed E-state index contributed by atoms with van der Waals surface area (Å²) in [5, 5.41) is 3.69. The normalized spacial score (nSPS) is 17.1. The van der Waals surface area contributed by atoms with E-state index in [1.54, 1.807) is 0 Å². The minimum absolute atomic E-state index is 0.223. The van der Waals surface area contributed by atoms with Crippen LogP contribution in [0.4, 0.5) is 11.4 Å². The predicted molar refractivity (Wildman–Crippen MR) is 88.9 cm³/mol. The summed E-state index contributed by atoms with van der Waals surface area (Å²) in [6.07, 6.45) is 1.15. The van der Waals surface area contributed by atoms with E-state index in [0.29, 0.717) is 6.04 Å². The fraction of sp³-hybridized carbons (Fsp3) is 0.647. The van der Waals surface area contributed by atoms with Crippen LogP contribution in [0.3, 0.4) is 0 Å². The van der Waals surface area contributed by atoms with Crippen LogP contribution in [0.1, 0.15) is 34.1 Å². The maximum atomic E-state index is 3.69. The largest absolute Gasteiger partial charge is 0.371 e. The molecule has 1 N–H and O–H groups in total. The molecule has 0 amide bonds. The number of fused-ring (bicyclic) bond motifs is 1. The molecule has 0 spiro atoms. The topological polar surface area (TPSA) is 18.5 Å².